The van der Waals surface area contributed by atoms with Gasteiger partial charge in [-0.25, -0.2) is 13.4 Å². The summed E-state index contributed by atoms with van der Waals surface area (Å²) in [6.45, 7) is 5.38. The highest BCUT2D eigenvalue weighted by molar-refractivity contribution is 7.89. The lowest BCUT2D eigenvalue weighted by Crippen LogP contribution is -2.48. The number of rotatable bonds is 5. The highest BCUT2D eigenvalue weighted by atomic mass is 32.2. The smallest absolute Gasteiger partial charge is 0.213 e. The zero-order valence-corrected chi connectivity index (χ0v) is 14.8. The van der Waals surface area contributed by atoms with E-state index in [2.05, 4.69) is 10.3 Å². The van der Waals surface area contributed by atoms with Crippen LogP contribution in [0, 0.1) is 0 Å². The molecule has 0 aromatic carbocycles. The molecule has 124 valence electrons. The molecule has 1 aliphatic heterocycles. The highest BCUT2D eigenvalue weighted by Crippen LogP contribution is 2.35. The predicted octanol–water partition coefficient (Wildman–Crippen LogP) is 2.27. The number of thiazole rings is 1. The zero-order chi connectivity index (χ0) is 15.6. The molecule has 0 atom stereocenters. The number of sulfonamides is 1. The Hall–Kier alpha value is -0.500. The van der Waals surface area contributed by atoms with E-state index in [4.69, 9.17) is 4.98 Å². The van der Waals surface area contributed by atoms with Crippen LogP contribution in [0.25, 0.3) is 0 Å². The molecule has 1 saturated carbocycles. The molecule has 1 saturated heterocycles. The van der Waals surface area contributed by atoms with E-state index in [1.807, 2.05) is 0 Å². The van der Waals surface area contributed by atoms with Crippen LogP contribution < -0.4 is 0 Å². The van der Waals surface area contributed by atoms with Crippen LogP contribution >= 0.6 is 11.3 Å². The van der Waals surface area contributed by atoms with Gasteiger partial charge in [0.2, 0.25) is 10.0 Å². The van der Waals surface area contributed by atoms with Crippen LogP contribution in [-0.4, -0.2) is 54.5 Å². The molecule has 0 spiro atoms. The summed E-state index contributed by atoms with van der Waals surface area (Å²) in [5.41, 5.74) is 1.15. The van der Waals surface area contributed by atoms with Crippen LogP contribution in [0.1, 0.15) is 49.2 Å². The summed E-state index contributed by atoms with van der Waals surface area (Å²) in [6.07, 6.45) is 5.27. The zero-order valence-electron chi connectivity index (χ0n) is 13.2. The fraction of sp³-hybridized carbons (Fsp3) is 0.800. The average molecular weight is 344 g/mol. The maximum Gasteiger partial charge on any atom is 0.213 e. The van der Waals surface area contributed by atoms with E-state index < -0.39 is 10.0 Å². The fourth-order valence-corrected chi connectivity index (χ4v) is 5.40. The molecular formula is C15H25N3O2S2. The van der Waals surface area contributed by atoms with Gasteiger partial charge in [0.25, 0.3) is 0 Å². The highest BCUT2D eigenvalue weighted by Gasteiger charge is 2.26. The lowest BCUT2D eigenvalue weighted by Gasteiger charge is -2.33. The van der Waals surface area contributed by atoms with Crippen molar-refractivity contribution in [2.24, 2.45) is 0 Å². The first kappa shape index (κ1) is 16.4. The predicted molar refractivity (Wildman–Crippen MR) is 89.6 cm³/mol. The van der Waals surface area contributed by atoms with E-state index in [0.717, 1.165) is 25.3 Å². The number of aromatic nitrogens is 1. The van der Waals surface area contributed by atoms with Crippen molar-refractivity contribution in [3.05, 3.63) is 16.1 Å². The number of piperazine rings is 1. The first-order valence-corrected chi connectivity index (χ1v) is 10.7. The maximum atomic E-state index is 11.9. The van der Waals surface area contributed by atoms with Crippen molar-refractivity contribution >= 4 is 21.4 Å². The molecule has 2 aliphatic rings. The third-order valence-electron chi connectivity index (χ3n) is 4.75. The van der Waals surface area contributed by atoms with Crippen LogP contribution in [0.5, 0.6) is 0 Å². The normalized spacial score (nSPS) is 22.4. The van der Waals surface area contributed by atoms with Crippen molar-refractivity contribution < 1.29 is 8.42 Å². The summed E-state index contributed by atoms with van der Waals surface area (Å²) in [5.74, 6) is 0.884. The Kier molecular flexibility index (Phi) is 5.17. The van der Waals surface area contributed by atoms with E-state index in [-0.39, 0.29) is 5.75 Å². The lowest BCUT2D eigenvalue weighted by atomic mass is 10.1. The molecule has 1 aromatic heterocycles. The molecule has 5 nitrogen and oxygen atoms in total. The van der Waals surface area contributed by atoms with Gasteiger partial charge in [0.15, 0.2) is 0 Å². The monoisotopic (exact) mass is 343 g/mol. The topological polar surface area (TPSA) is 53.5 Å². The number of hydrogen-bond donors (Lipinski definition) is 0. The Bertz CT molecular complexity index is 586. The molecule has 1 aromatic rings. The molecule has 2 fully saturated rings. The molecule has 0 bridgehead atoms. The van der Waals surface area contributed by atoms with Crippen LogP contribution in [0.3, 0.4) is 0 Å². The summed E-state index contributed by atoms with van der Waals surface area (Å²) in [4.78, 5) is 7.13. The Labute approximate surface area is 137 Å². The molecule has 1 aliphatic carbocycles. The molecule has 0 radical (unpaired) electrons. The Morgan fingerprint density at radius 1 is 1.23 bits per heavy atom. The molecule has 7 heteroatoms. The van der Waals surface area contributed by atoms with Crippen molar-refractivity contribution in [3.63, 3.8) is 0 Å². The van der Waals surface area contributed by atoms with Crippen molar-refractivity contribution in [3.8, 4) is 0 Å². The first-order chi connectivity index (χ1) is 10.6. The van der Waals surface area contributed by atoms with Gasteiger partial charge in [-0.2, -0.15) is 4.31 Å². The molecule has 3 rings (SSSR count). The van der Waals surface area contributed by atoms with E-state index in [1.165, 1.54) is 30.7 Å². The van der Waals surface area contributed by atoms with Gasteiger partial charge in [-0.3, -0.25) is 4.90 Å². The minimum absolute atomic E-state index is 0.198. The molecule has 2 heterocycles. The Morgan fingerprint density at radius 2 is 1.91 bits per heavy atom. The van der Waals surface area contributed by atoms with Crippen LogP contribution in [0.15, 0.2) is 5.38 Å². The average Bonchev–Trinajstić information content (AvgIpc) is 3.18. The van der Waals surface area contributed by atoms with Gasteiger partial charge in [0.1, 0.15) is 0 Å². The van der Waals surface area contributed by atoms with Gasteiger partial charge in [-0.15, -0.1) is 11.3 Å². The summed E-state index contributed by atoms with van der Waals surface area (Å²) < 4.78 is 25.4. The maximum absolute atomic E-state index is 11.9. The molecular weight excluding hydrogens is 318 g/mol. The summed E-state index contributed by atoms with van der Waals surface area (Å²) in [5, 5.41) is 3.49. The molecule has 0 N–H and O–H groups in total. The lowest BCUT2D eigenvalue weighted by molar-refractivity contribution is 0.180. The first-order valence-electron chi connectivity index (χ1n) is 8.23. The summed E-state index contributed by atoms with van der Waals surface area (Å²) in [7, 11) is -3.03. The van der Waals surface area contributed by atoms with Gasteiger partial charge in [0, 0.05) is 44.0 Å². The number of nitrogens with zero attached hydrogens (tertiary/aromatic N) is 3. The molecule has 0 amide bonds. The van der Waals surface area contributed by atoms with E-state index >= 15 is 0 Å². The van der Waals surface area contributed by atoms with Crippen molar-refractivity contribution in [1.82, 2.24) is 14.2 Å². The summed E-state index contributed by atoms with van der Waals surface area (Å²) in [6, 6.07) is 0. The van der Waals surface area contributed by atoms with Crippen molar-refractivity contribution in [1.29, 1.82) is 0 Å². The van der Waals surface area contributed by atoms with Gasteiger partial charge in [-0.1, -0.05) is 12.8 Å². The minimum atomic E-state index is -3.03. The minimum Gasteiger partial charge on any atom is -0.295 e. The second-order valence-electron chi connectivity index (χ2n) is 6.23. The van der Waals surface area contributed by atoms with E-state index in [9.17, 15) is 8.42 Å². The van der Waals surface area contributed by atoms with Gasteiger partial charge in [-0.05, 0) is 19.8 Å². The standard InChI is InChI=1S/C15H25N3O2S2/c1-2-22(19,20)18-9-7-17(8-10-18)11-14-12-21-15(16-14)13-5-3-4-6-13/h12-13H,2-11H2,1H3. The van der Waals surface area contributed by atoms with Crippen LogP contribution in [0.4, 0.5) is 0 Å². The van der Waals surface area contributed by atoms with E-state index in [0.29, 0.717) is 19.0 Å². The van der Waals surface area contributed by atoms with Gasteiger partial charge in [0.05, 0.1) is 16.5 Å². The van der Waals surface area contributed by atoms with Gasteiger partial charge < -0.3 is 0 Å². The Balaban J connectivity index is 1.52. The largest absolute Gasteiger partial charge is 0.295 e. The van der Waals surface area contributed by atoms with E-state index in [1.54, 1.807) is 22.6 Å². The molecule has 0 unspecified atom stereocenters. The van der Waals surface area contributed by atoms with Gasteiger partial charge >= 0.3 is 0 Å². The molecule has 22 heavy (non-hydrogen) atoms. The third-order valence-corrected chi connectivity index (χ3v) is 7.69. The van der Waals surface area contributed by atoms with Crippen molar-refractivity contribution in [2.75, 3.05) is 31.9 Å². The van der Waals surface area contributed by atoms with Crippen LogP contribution in [-0.2, 0) is 16.6 Å². The summed E-state index contributed by atoms with van der Waals surface area (Å²) >= 11 is 1.80. The third kappa shape index (κ3) is 3.69. The second-order valence-corrected chi connectivity index (χ2v) is 9.38. The Morgan fingerprint density at radius 3 is 2.55 bits per heavy atom. The SMILES string of the molecule is CCS(=O)(=O)N1CCN(Cc2csc(C3CCCC3)n2)CC1. The van der Waals surface area contributed by atoms with Crippen molar-refractivity contribution in [2.45, 2.75) is 45.1 Å². The fourth-order valence-electron chi connectivity index (χ4n) is 3.33. The number of hydrogen-bond acceptors (Lipinski definition) is 5. The van der Waals surface area contributed by atoms with Crippen LogP contribution in [0.2, 0.25) is 0 Å². The second kappa shape index (κ2) is 6.95. The quantitative estimate of drug-likeness (QED) is 0.823.